The van der Waals surface area contributed by atoms with Crippen LogP contribution in [0.4, 0.5) is 0 Å². The minimum Gasteiger partial charge on any atom is -1.00 e. The minimum atomic E-state index is 0. The zero-order valence-corrected chi connectivity index (χ0v) is 11.4. The van der Waals surface area contributed by atoms with E-state index in [-0.39, 0.29) is 18.6 Å². The number of benzene rings is 1. The molecule has 1 aromatic rings. The van der Waals surface area contributed by atoms with Gasteiger partial charge in [0, 0.05) is 5.56 Å². The molecular weight excluding hydrogens is 222 g/mol. The van der Waals surface area contributed by atoms with Crippen LogP contribution in [0.3, 0.4) is 0 Å². The molecule has 0 saturated carbocycles. The van der Waals surface area contributed by atoms with E-state index in [4.69, 9.17) is 4.74 Å². The van der Waals surface area contributed by atoms with Crippen LogP contribution < -0.4 is 12.4 Å². The lowest BCUT2D eigenvalue weighted by molar-refractivity contribution is -0.943. The highest BCUT2D eigenvalue weighted by molar-refractivity contribution is 5.15. The van der Waals surface area contributed by atoms with Crippen LogP contribution in [0.1, 0.15) is 25.6 Å². The van der Waals surface area contributed by atoms with Gasteiger partial charge in [0.15, 0.2) is 0 Å². The van der Waals surface area contributed by atoms with Gasteiger partial charge >= 0.3 is 0 Å². The molecule has 3 heteroatoms. The van der Waals surface area contributed by atoms with Crippen LogP contribution in [-0.4, -0.2) is 31.7 Å². The summed E-state index contributed by atoms with van der Waals surface area (Å²) in [6.07, 6.45) is 0.140. The van der Waals surface area contributed by atoms with Gasteiger partial charge < -0.3 is 17.1 Å². The van der Waals surface area contributed by atoms with E-state index >= 15 is 0 Å². The summed E-state index contributed by atoms with van der Waals surface area (Å²) in [5.41, 5.74) is 1.26. The van der Waals surface area contributed by atoms with E-state index in [0.717, 1.165) is 17.6 Å². The van der Waals surface area contributed by atoms with E-state index in [1.807, 2.05) is 13.0 Å². The van der Waals surface area contributed by atoms with Crippen LogP contribution in [0, 0.1) is 0 Å². The molecular formula is C13H22ClNO. The van der Waals surface area contributed by atoms with E-state index in [2.05, 4.69) is 45.3 Å². The van der Waals surface area contributed by atoms with Crippen LogP contribution in [0.2, 0.25) is 0 Å². The molecule has 0 radical (unpaired) electrons. The third-order valence-electron chi connectivity index (χ3n) is 2.86. The Bertz CT molecular complexity index is 287. The minimum absolute atomic E-state index is 0. The summed E-state index contributed by atoms with van der Waals surface area (Å²) in [4.78, 5) is 0. The zero-order valence-electron chi connectivity index (χ0n) is 10.6. The maximum absolute atomic E-state index is 5.86. The van der Waals surface area contributed by atoms with Gasteiger partial charge in [-0.15, -0.1) is 0 Å². The number of quaternary nitrogens is 1. The molecule has 1 rings (SSSR count). The molecule has 92 valence electrons. The van der Waals surface area contributed by atoms with Crippen molar-refractivity contribution < 1.29 is 21.6 Å². The number of hydrogen-bond acceptors (Lipinski definition) is 1. The van der Waals surface area contributed by atoms with Gasteiger partial charge in [-0.05, 0) is 13.8 Å². The van der Waals surface area contributed by atoms with Crippen molar-refractivity contribution in [2.45, 2.75) is 20.1 Å². The average molecular weight is 244 g/mol. The molecule has 1 atom stereocenters. The molecule has 2 nitrogen and oxygen atoms in total. The van der Waals surface area contributed by atoms with Crippen molar-refractivity contribution >= 4 is 0 Å². The first-order chi connectivity index (χ1) is 7.11. The maximum Gasteiger partial charge on any atom is 0.219 e. The smallest absolute Gasteiger partial charge is 0.219 e. The molecule has 0 spiro atoms. The first-order valence-electron chi connectivity index (χ1n) is 5.61. The van der Waals surface area contributed by atoms with Crippen molar-refractivity contribution in [3.8, 4) is 0 Å². The van der Waals surface area contributed by atoms with Gasteiger partial charge in [-0.1, -0.05) is 30.3 Å². The maximum atomic E-state index is 5.86. The van der Waals surface area contributed by atoms with Crippen molar-refractivity contribution in [1.82, 2.24) is 0 Å². The molecule has 0 aromatic heterocycles. The van der Waals surface area contributed by atoms with Crippen LogP contribution in [0.25, 0.3) is 0 Å². The quantitative estimate of drug-likeness (QED) is 0.515. The Hall–Kier alpha value is -0.570. The molecule has 16 heavy (non-hydrogen) atoms. The monoisotopic (exact) mass is 243 g/mol. The predicted molar refractivity (Wildman–Crippen MR) is 63.5 cm³/mol. The lowest BCUT2D eigenvalue weighted by Gasteiger charge is -2.36. The van der Waals surface area contributed by atoms with Crippen molar-refractivity contribution in [2.24, 2.45) is 0 Å². The van der Waals surface area contributed by atoms with E-state index in [9.17, 15) is 0 Å². The number of halogens is 1. The summed E-state index contributed by atoms with van der Waals surface area (Å²) in [7, 11) is 4.40. The van der Waals surface area contributed by atoms with Crippen LogP contribution in [0.15, 0.2) is 30.3 Å². The molecule has 0 amide bonds. The number of ether oxygens (including phenoxy) is 1. The third-order valence-corrected chi connectivity index (χ3v) is 2.86. The normalized spacial score (nSPS) is 13.0. The predicted octanol–water partition coefficient (Wildman–Crippen LogP) is -0.178. The van der Waals surface area contributed by atoms with Crippen molar-refractivity contribution in [3.63, 3.8) is 0 Å². The molecule has 0 aliphatic carbocycles. The molecule has 1 unspecified atom stereocenters. The lowest BCUT2D eigenvalue weighted by atomic mass is 10.1. The SMILES string of the molecule is CCOC(c1ccccc1)[N+](C)(C)CC.[Cl-]. The van der Waals surface area contributed by atoms with Crippen molar-refractivity contribution in [2.75, 3.05) is 27.2 Å². The van der Waals surface area contributed by atoms with Gasteiger partial charge in [0.1, 0.15) is 0 Å². The van der Waals surface area contributed by atoms with Crippen LogP contribution >= 0.6 is 0 Å². The molecule has 0 aliphatic rings. The molecule has 0 saturated heterocycles. The van der Waals surface area contributed by atoms with Gasteiger partial charge in [0.05, 0.1) is 27.2 Å². The van der Waals surface area contributed by atoms with Crippen LogP contribution in [-0.2, 0) is 4.74 Å². The summed E-state index contributed by atoms with van der Waals surface area (Å²) < 4.78 is 6.71. The topological polar surface area (TPSA) is 9.23 Å². The first kappa shape index (κ1) is 15.4. The standard InChI is InChI=1S/C13H22NO.ClH/c1-5-14(3,4)13(15-6-2)12-10-8-7-9-11-12;/h7-11,13H,5-6H2,1-4H3;1H/q+1;/p-1. The number of rotatable bonds is 5. The molecule has 0 aliphatic heterocycles. The highest BCUT2D eigenvalue weighted by Gasteiger charge is 2.28. The second-order valence-electron chi connectivity index (χ2n) is 4.31. The van der Waals surface area contributed by atoms with Gasteiger partial charge in [-0.25, -0.2) is 0 Å². The third kappa shape index (κ3) is 3.78. The van der Waals surface area contributed by atoms with E-state index in [0.29, 0.717) is 0 Å². The Morgan fingerprint density at radius 3 is 2.12 bits per heavy atom. The molecule has 1 aromatic carbocycles. The molecule has 0 heterocycles. The summed E-state index contributed by atoms with van der Waals surface area (Å²) in [6.45, 7) is 6.04. The van der Waals surface area contributed by atoms with Crippen molar-refractivity contribution in [3.05, 3.63) is 35.9 Å². The summed E-state index contributed by atoms with van der Waals surface area (Å²) >= 11 is 0. The zero-order chi connectivity index (χ0) is 11.3. The first-order valence-corrected chi connectivity index (χ1v) is 5.61. The van der Waals surface area contributed by atoms with E-state index < -0.39 is 0 Å². The van der Waals surface area contributed by atoms with Gasteiger partial charge in [0.25, 0.3) is 0 Å². The van der Waals surface area contributed by atoms with E-state index in [1.165, 1.54) is 5.56 Å². The highest BCUT2D eigenvalue weighted by atomic mass is 35.5. The largest absolute Gasteiger partial charge is 1.00 e. The average Bonchev–Trinajstić information content (AvgIpc) is 2.27. The van der Waals surface area contributed by atoms with Crippen molar-refractivity contribution in [1.29, 1.82) is 0 Å². The Balaban J connectivity index is 0.00000225. The van der Waals surface area contributed by atoms with E-state index in [1.54, 1.807) is 0 Å². The summed E-state index contributed by atoms with van der Waals surface area (Å²) in [5, 5.41) is 0. The summed E-state index contributed by atoms with van der Waals surface area (Å²) in [6, 6.07) is 10.4. The van der Waals surface area contributed by atoms with Gasteiger partial charge in [-0.2, -0.15) is 0 Å². The van der Waals surface area contributed by atoms with Gasteiger partial charge in [-0.3, -0.25) is 4.48 Å². The number of nitrogens with zero attached hydrogens (tertiary/aromatic N) is 1. The Labute approximate surface area is 105 Å². The summed E-state index contributed by atoms with van der Waals surface area (Å²) in [5.74, 6) is 0. The Morgan fingerprint density at radius 1 is 1.12 bits per heavy atom. The molecule has 0 bridgehead atoms. The molecule has 0 N–H and O–H groups in total. The Kier molecular flexibility index (Phi) is 6.65. The fraction of sp³-hybridized carbons (Fsp3) is 0.538. The van der Waals surface area contributed by atoms with Crippen LogP contribution in [0.5, 0.6) is 0 Å². The fourth-order valence-corrected chi connectivity index (χ4v) is 1.64. The second kappa shape index (κ2) is 6.89. The lowest BCUT2D eigenvalue weighted by Crippen LogP contribution is -3.00. The number of hydrogen-bond donors (Lipinski definition) is 0. The molecule has 0 fully saturated rings. The highest BCUT2D eigenvalue weighted by Crippen LogP contribution is 2.25. The second-order valence-corrected chi connectivity index (χ2v) is 4.31. The Morgan fingerprint density at radius 2 is 1.69 bits per heavy atom. The van der Waals surface area contributed by atoms with Gasteiger partial charge in [0.2, 0.25) is 6.23 Å². The fourth-order valence-electron chi connectivity index (χ4n) is 1.64.